The van der Waals surface area contributed by atoms with Crippen molar-refractivity contribution in [1.82, 2.24) is 10.2 Å². The minimum Gasteiger partial charge on any atom is -0.381 e. The molecule has 1 N–H and O–H groups in total. The van der Waals surface area contributed by atoms with Crippen LogP contribution in [0.2, 0.25) is 0 Å². The van der Waals surface area contributed by atoms with E-state index in [1.54, 1.807) is 0 Å². The van der Waals surface area contributed by atoms with Gasteiger partial charge in [-0.05, 0) is 58.3 Å². The van der Waals surface area contributed by atoms with Gasteiger partial charge in [0.2, 0.25) is 0 Å². The maximum Gasteiger partial charge on any atom is 0.0495 e. The van der Waals surface area contributed by atoms with E-state index in [9.17, 15) is 0 Å². The Hall–Kier alpha value is -0.120. The van der Waals surface area contributed by atoms with Crippen molar-refractivity contribution in [2.45, 2.75) is 31.7 Å². The normalized spacial score (nSPS) is 29.8. The zero-order valence-electron chi connectivity index (χ0n) is 9.87. The fourth-order valence-corrected chi connectivity index (χ4v) is 2.52. The van der Waals surface area contributed by atoms with Crippen LogP contribution in [0.3, 0.4) is 0 Å². The van der Waals surface area contributed by atoms with Crippen LogP contribution < -0.4 is 5.32 Å². The number of ether oxygens (including phenoxy) is 1. The van der Waals surface area contributed by atoms with Gasteiger partial charge in [-0.1, -0.05) is 0 Å². The van der Waals surface area contributed by atoms with E-state index in [4.69, 9.17) is 4.74 Å². The Bertz CT molecular complexity index is 172. The maximum absolute atomic E-state index is 5.38. The summed E-state index contributed by atoms with van der Waals surface area (Å²) >= 11 is 0. The number of nitrogens with one attached hydrogen (secondary N) is 1. The molecule has 2 aliphatic rings. The highest BCUT2D eigenvalue weighted by Crippen LogP contribution is 2.16. The van der Waals surface area contributed by atoms with Gasteiger partial charge in [0.05, 0.1) is 0 Å². The summed E-state index contributed by atoms with van der Waals surface area (Å²) < 4.78 is 5.38. The average molecular weight is 212 g/mol. The van der Waals surface area contributed by atoms with Crippen molar-refractivity contribution in [3.05, 3.63) is 0 Å². The Morgan fingerprint density at radius 2 is 2.07 bits per heavy atom. The van der Waals surface area contributed by atoms with E-state index < -0.39 is 0 Å². The minimum atomic E-state index is 0.767. The zero-order chi connectivity index (χ0) is 10.5. The Kier molecular flexibility index (Phi) is 4.42. The lowest BCUT2D eigenvalue weighted by atomic mass is 10.0. The van der Waals surface area contributed by atoms with Gasteiger partial charge < -0.3 is 15.0 Å². The van der Waals surface area contributed by atoms with E-state index in [2.05, 4.69) is 17.3 Å². The Morgan fingerprint density at radius 3 is 2.73 bits per heavy atom. The highest BCUT2D eigenvalue weighted by molar-refractivity contribution is 4.76. The van der Waals surface area contributed by atoms with Crippen LogP contribution in [0.15, 0.2) is 0 Å². The third kappa shape index (κ3) is 3.74. The van der Waals surface area contributed by atoms with Crippen LogP contribution in [0.5, 0.6) is 0 Å². The first kappa shape index (κ1) is 11.4. The van der Waals surface area contributed by atoms with Crippen molar-refractivity contribution < 1.29 is 4.74 Å². The standard InChI is InChI=1S/C12H24N2O/c1-14-7-3-12(4-8-14)13-6-2-11-5-9-15-10-11/h11-13H,2-10H2,1H3. The highest BCUT2D eigenvalue weighted by atomic mass is 16.5. The van der Waals surface area contributed by atoms with Crippen LogP contribution in [0.1, 0.15) is 25.7 Å². The third-order valence-corrected chi connectivity index (χ3v) is 3.73. The first-order chi connectivity index (χ1) is 7.34. The minimum absolute atomic E-state index is 0.767. The largest absolute Gasteiger partial charge is 0.381 e. The molecule has 15 heavy (non-hydrogen) atoms. The van der Waals surface area contributed by atoms with Crippen molar-refractivity contribution in [3.8, 4) is 0 Å². The van der Waals surface area contributed by atoms with E-state index in [1.165, 1.54) is 45.3 Å². The van der Waals surface area contributed by atoms with Crippen molar-refractivity contribution in [1.29, 1.82) is 0 Å². The summed E-state index contributed by atoms with van der Waals surface area (Å²) in [5.74, 6) is 0.823. The van der Waals surface area contributed by atoms with Crippen molar-refractivity contribution in [2.75, 3.05) is 39.9 Å². The van der Waals surface area contributed by atoms with Crippen LogP contribution in [-0.4, -0.2) is 50.8 Å². The predicted molar refractivity (Wildman–Crippen MR) is 62.1 cm³/mol. The summed E-state index contributed by atoms with van der Waals surface area (Å²) in [5.41, 5.74) is 0. The molecule has 3 heteroatoms. The van der Waals surface area contributed by atoms with Crippen LogP contribution in [0.25, 0.3) is 0 Å². The molecule has 0 bridgehead atoms. The number of rotatable bonds is 4. The van der Waals surface area contributed by atoms with Gasteiger partial charge in [-0.2, -0.15) is 0 Å². The molecule has 2 rings (SSSR count). The van der Waals surface area contributed by atoms with Crippen molar-refractivity contribution in [3.63, 3.8) is 0 Å². The van der Waals surface area contributed by atoms with Gasteiger partial charge in [-0.15, -0.1) is 0 Å². The molecular formula is C12H24N2O. The predicted octanol–water partition coefficient (Wildman–Crippen LogP) is 1.10. The van der Waals surface area contributed by atoms with Gasteiger partial charge in [-0.3, -0.25) is 0 Å². The molecule has 88 valence electrons. The van der Waals surface area contributed by atoms with E-state index in [-0.39, 0.29) is 0 Å². The average Bonchev–Trinajstić information content (AvgIpc) is 2.74. The molecule has 2 saturated heterocycles. The molecule has 1 atom stereocenters. The topological polar surface area (TPSA) is 24.5 Å². The molecular weight excluding hydrogens is 188 g/mol. The summed E-state index contributed by atoms with van der Waals surface area (Å²) in [5, 5.41) is 3.69. The lowest BCUT2D eigenvalue weighted by molar-refractivity contribution is 0.183. The molecule has 0 aromatic heterocycles. The summed E-state index contributed by atoms with van der Waals surface area (Å²) in [6, 6.07) is 0.767. The van der Waals surface area contributed by atoms with E-state index >= 15 is 0 Å². The summed E-state index contributed by atoms with van der Waals surface area (Å²) in [6.45, 7) is 5.67. The summed E-state index contributed by atoms with van der Waals surface area (Å²) in [6.07, 6.45) is 5.21. The quantitative estimate of drug-likeness (QED) is 0.755. The second-order valence-corrected chi connectivity index (χ2v) is 5.05. The van der Waals surface area contributed by atoms with Crippen molar-refractivity contribution >= 4 is 0 Å². The SMILES string of the molecule is CN1CCC(NCCC2CCOC2)CC1. The lowest BCUT2D eigenvalue weighted by Gasteiger charge is -2.29. The first-order valence-corrected chi connectivity index (χ1v) is 6.34. The second-order valence-electron chi connectivity index (χ2n) is 5.05. The molecule has 0 aromatic carbocycles. The smallest absolute Gasteiger partial charge is 0.0495 e. The van der Waals surface area contributed by atoms with E-state index in [1.807, 2.05) is 0 Å². The zero-order valence-corrected chi connectivity index (χ0v) is 9.87. The van der Waals surface area contributed by atoms with Crippen LogP contribution in [0.4, 0.5) is 0 Å². The number of nitrogens with zero attached hydrogens (tertiary/aromatic N) is 1. The van der Waals surface area contributed by atoms with Gasteiger partial charge in [-0.25, -0.2) is 0 Å². The van der Waals surface area contributed by atoms with Gasteiger partial charge in [0, 0.05) is 19.3 Å². The number of hydrogen-bond acceptors (Lipinski definition) is 3. The van der Waals surface area contributed by atoms with Crippen LogP contribution in [-0.2, 0) is 4.74 Å². The maximum atomic E-state index is 5.38. The Labute approximate surface area is 93.2 Å². The summed E-state index contributed by atoms with van der Waals surface area (Å²) in [4.78, 5) is 2.42. The molecule has 0 radical (unpaired) electrons. The molecule has 0 aliphatic carbocycles. The first-order valence-electron chi connectivity index (χ1n) is 6.34. The molecule has 0 amide bonds. The Morgan fingerprint density at radius 1 is 1.27 bits per heavy atom. The third-order valence-electron chi connectivity index (χ3n) is 3.73. The second kappa shape index (κ2) is 5.83. The van der Waals surface area contributed by atoms with Crippen LogP contribution in [0, 0.1) is 5.92 Å². The number of piperidine rings is 1. The van der Waals surface area contributed by atoms with Gasteiger partial charge in [0.15, 0.2) is 0 Å². The van der Waals surface area contributed by atoms with E-state index in [0.717, 1.165) is 25.2 Å². The van der Waals surface area contributed by atoms with Gasteiger partial charge in [0.25, 0.3) is 0 Å². The fraction of sp³-hybridized carbons (Fsp3) is 1.00. The van der Waals surface area contributed by atoms with Crippen molar-refractivity contribution in [2.24, 2.45) is 5.92 Å². The van der Waals surface area contributed by atoms with Gasteiger partial charge in [0.1, 0.15) is 0 Å². The number of likely N-dealkylation sites (tertiary alicyclic amines) is 1. The van der Waals surface area contributed by atoms with Crippen LogP contribution >= 0.6 is 0 Å². The Balaban J connectivity index is 1.53. The molecule has 2 aliphatic heterocycles. The molecule has 2 heterocycles. The molecule has 0 spiro atoms. The molecule has 3 nitrogen and oxygen atoms in total. The fourth-order valence-electron chi connectivity index (χ4n) is 2.52. The molecule has 0 aromatic rings. The summed E-state index contributed by atoms with van der Waals surface area (Å²) in [7, 11) is 2.21. The van der Waals surface area contributed by atoms with E-state index in [0.29, 0.717) is 0 Å². The van der Waals surface area contributed by atoms with Gasteiger partial charge >= 0.3 is 0 Å². The lowest BCUT2D eigenvalue weighted by Crippen LogP contribution is -2.41. The molecule has 1 unspecified atom stereocenters. The molecule has 0 saturated carbocycles. The number of hydrogen-bond donors (Lipinski definition) is 1. The highest BCUT2D eigenvalue weighted by Gasteiger charge is 2.18. The molecule has 2 fully saturated rings. The monoisotopic (exact) mass is 212 g/mol.